The zero-order valence-corrected chi connectivity index (χ0v) is 10.8. The second-order valence-corrected chi connectivity index (χ2v) is 5.49. The van der Waals surface area contributed by atoms with Crippen LogP contribution in [-0.2, 0) is 0 Å². The van der Waals surface area contributed by atoms with E-state index in [-0.39, 0.29) is 0 Å². The number of fused-ring (bicyclic) bond motifs is 2. The van der Waals surface area contributed by atoms with E-state index in [1.165, 1.54) is 0 Å². The summed E-state index contributed by atoms with van der Waals surface area (Å²) in [6, 6.07) is 2.71. The van der Waals surface area contributed by atoms with Gasteiger partial charge in [-0.2, -0.15) is 0 Å². The molecule has 1 aromatic heterocycles. The maximum atomic E-state index is 13.3. The summed E-state index contributed by atoms with van der Waals surface area (Å²) >= 11 is 0. The number of halogens is 2. The molecule has 4 rings (SSSR count). The number of nitrogens with one attached hydrogen (secondary N) is 1. The standard InChI is InChI=1S/C14H14F2N4/c15-9-3-11-12(4-10(9)16)19-14(6-18-11)20-2-1-8-5-17-13(8)7-20/h3-4,6,8,13,17H,1-2,5,7H2. The van der Waals surface area contributed by atoms with Crippen molar-refractivity contribution >= 4 is 16.9 Å². The predicted octanol–water partition coefficient (Wildman–Crippen LogP) is 1.71. The molecule has 2 aliphatic rings. The highest BCUT2D eigenvalue weighted by molar-refractivity contribution is 5.75. The molecular formula is C14H14F2N4. The highest BCUT2D eigenvalue weighted by Crippen LogP contribution is 2.27. The molecule has 2 atom stereocenters. The van der Waals surface area contributed by atoms with E-state index in [1.807, 2.05) is 0 Å². The molecule has 2 unspecified atom stereocenters. The number of anilines is 1. The second kappa shape index (κ2) is 4.34. The molecule has 20 heavy (non-hydrogen) atoms. The first-order valence-electron chi connectivity index (χ1n) is 6.81. The molecule has 1 N–H and O–H groups in total. The molecule has 104 valence electrons. The summed E-state index contributed by atoms with van der Waals surface area (Å²) in [7, 11) is 0. The van der Waals surface area contributed by atoms with Gasteiger partial charge in [-0.3, -0.25) is 4.98 Å². The van der Waals surface area contributed by atoms with Crippen molar-refractivity contribution in [3.8, 4) is 0 Å². The SMILES string of the molecule is Fc1cc2ncc(N3CCC4CNC4C3)nc2cc1F. The number of nitrogens with zero attached hydrogens (tertiary/aromatic N) is 3. The fraction of sp³-hybridized carbons (Fsp3) is 0.429. The Morgan fingerprint density at radius 2 is 2.00 bits per heavy atom. The lowest BCUT2D eigenvalue weighted by Crippen LogP contribution is -2.62. The molecule has 2 aliphatic heterocycles. The first kappa shape index (κ1) is 12.0. The van der Waals surface area contributed by atoms with Gasteiger partial charge in [-0.05, 0) is 18.9 Å². The molecule has 2 fully saturated rings. The zero-order chi connectivity index (χ0) is 13.7. The van der Waals surface area contributed by atoms with Gasteiger partial charge in [-0.1, -0.05) is 0 Å². The minimum Gasteiger partial charge on any atom is -0.354 e. The lowest BCUT2D eigenvalue weighted by molar-refractivity contribution is 0.196. The van der Waals surface area contributed by atoms with Crippen LogP contribution in [0.25, 0.3) is 11.0 Å². The largest absolute Gasteiger partial charge is 0.354 e. The van der Waals surface area contributed by atoms with Gasteiger partial charge in [-0.25, -0.2) is 13.8 Å². The van der Waals surface area contributed by atoms with Crippen LogP contribution in [0.2, 0.25) is 0 Å². The minimum absolute atomic E-state index is 0.379. The molecule has 2 saturated heterocycles. The Labute approximate surface area is 114 Å². The maximum absolute atomic E-state index is 13.3. The number of hydrogen-bond donors (Lipinski definition) is 1. The molecule has 0 bridgehead atoms. The summed E-state index contributed by atoms with van der Waals surface area (Å²) in [5.41, 5.74) is 0.773. The first-order valence-corrected chi connectivity index (χ1v) is 6.81. The fourth-order valence-electron chi connectivity index (χ4n) is 2.98. The van der Waals surface area contributed by atoms with Crippen molar-refractivity contribution in [1.82, 2.24) is 15.3 Å². The lowest BCUT2D eigenvalue weighted by Gasteiger charge is -2.46. The molecule has 2 aromatic rings. The van der Waals surface area contributed by atoms with E-state index < -0.39 is 11.6 Å². The summed E-state index contributed by atoms with van der Waals surface area (Å²) < 4.78 is 26.4. The van der Waals surface area contributed by atoms with Crippen LogP contribution in [0.1, 0.15) is 6.42 Å². The van der Waals surface area contributed by atoms with E-state index in [4.69, 9.17) is 0 Å². The van der Waals surface area contributed by atoms with E-state index in [2.05, 4.69) is 20.2 Å². The Kier molecular flexibility index (Phi) is 2.60. The van der Waals surface area contributed by atoms with Crippen LogP contribution in [-0.4, -0.2) is 35.6 Å². The van der Waals surface area contributed by atoms with E-state index >= 15 is 0 Å². The molecule has 0 spiro atoms. The van der Waals surface area contributed by atoms with Gasteiger partial charge in [-0.15, -0.1) is 0 Å². The number of benzene rings is 1. The second-order valence-electron chi connectivity index (χ2n) is 5.49. The van der Waals surface area contributed by atoms with E-state index in [0.717, 1.165) is 49.9 Å². The smallest absolute Gasteiger partial charge is 0.161 e. The quantitative estimate of drug-likeness (QED) is 0.861. The molecule has 3 heterocycles. The van der Waals surface area contributed by atoms with Crippen molar-refractivity contribution in [2.45, 2.75) is 12.5 Å². The summed E-state index contributed by atoms with van der Waals surface area (Å²) in [6.07, 6.45) is 2.77. The van der Waals surface area contributed by atoms with Gasteiger partial charge in [0, 0.05) is 31.3 Å². The van der Waals surface area contributed by atoms with E-state index in [1.54, 1.807) is 6.20 Å². The first-order chi connectivity index (χ1) is 9.70. The average Bonchev–Trinajstić information content (AvgIpc) is 2.41. The molecule has 4 nitrogen and oxygen atoms in total. The van der Waals surface area contributed by atoms with Gasteiger partial charge in [0.1, 0.15) is 5.82 Å². The van der Waals surface area contributed by atoms with Crippen molar-refractivity contribution in [2.75, 3.05) is 24.5 Å². The Morgan fingerprint density at radius 1 is 1.20 bits per heavy atom. The van der Waals surface area contributed by atoms with Crippen LogP contribution in [0.5, 0.6) is 0 Å². The third-order valence-corrected chi connectivity index (χ3v) is 4.29. The van der Waals surface area contributed by atoms with Gasteiger partial charge >= 0.3 is 0 Å². The summed E-state index contributed by atoms with van der Waals surface area (Å²) in [5, 5.41) is 3.40. The summed E-state index contributed by atoms with van der Waals surface area (Å²) in [5.74, 6) is -0.274. The Balaban J connectivity index is 1.68. The number of hydrogen-bond acceptors (Lipinski definition) is 4. The maximum Gasteiger partial charge on any atom is 0.161 e. The Bertz CT molecular complexity index is 676. The Morgan fingerprint density at radius 3 is 2.70 bits per heavy atom. The molecule has 0 aliphatic carbocycles. The van der Waals surface area contributed by atoms with Crippen LogP contribution in [0.15, 0.2) is 18.3 Å². The van der Waals surface area contributed by atoms with Crippen LogP contribution in [0.3, 0.4) is 0 Å². The molecule has 0 saturated carbocycles. The Hall–Kier alpha value is -1.82. The van der Waals surface area contributed by atoms with Gasteiger partial charge < -0.3 is 10.2 Å². The molecular weight excluding hydrogens is 262 g/mol. The van der Waals surface area contributed by atoms with Gasteiger partial charge in [0.2, 0.25) is 0 Å². The highest BCUT2D eigenvalue weighted by atomic mass is 19.2. The number of aromatic nitrogens is 2. The van der Waals surface area contributed by atoms with E-state index in [9.17, 15) is 8.78 Å². The van der Waals surface area contributed by atoms with Crippen molar-refractivity contribution in [1.29, 1.82) is 0 Å². The van der Waals surface area contributed by atoms with Crippen LogP contribution < -0.4 is 10.2 Å². The topological polar surface area (TPSA) is 41.1 Å². The molecule has 0 radical (unpaired) electrons. The normalized spacial score (nSPS) is 25.4. The fourth-order valence-corrected chi connectivity index (χ4v) is 2.98. The van der Waals surface area contributed by atoms with Crippen LogP contribution >= 0.6 is 0 Å². The lowest BCUT2D eigenvalue weighted by atomic mass is 9.85. The van der Waals surface area contributed by atoms with Crippen molar-refractivity contribution in [2.24, 2.45) is 5.92 Å². The monoisotopic (exact) mass is 276 g/mol. The van der Waals surface area contributed by atoms with Gasteiger partial charge in [0.05, 0.1) is 17.2 Å². The average molecular weight is 276 g/mol. The van der Waals surface area contributed by atoms with Crippen molar-refractivity contribution in [3.05, 3.63) is 30.0 Å². The predicted molar refractivity (Wildman–Crippen MR) is 71.6 cm³/mol. The molecule has 6 heteroatoms. The minimum atomic E-state index is -0.890. The third-order valence-electron chi connectivity index (χ3n) is 4.29. The third kappa shape index (κ3) is 1.83. The van der Waals surface area contributed by atoms with Crippen molar-refractivity contribution < 1.29 is 8.78 Å². The summed E-state index contributed by atoms with van der Waals surface area (Å²) in [4.78, 5) is 10.8. The van der Waals surface area contributed by atoms with Gasteiger partial charge in [0.25, 0.3) is 0 Å². The summed E-state index contributed by atoms with van der Waals surface area (Å²) in [6.45, 7) is 2.94. The molecule has 0 amide bonds. The van der Waals surface area contributed by atoms with Crippen molar-refractivity contribution in [3.63, 3.8) is 0 Å². The molecule has 1 aromatic carbocycles. The van der Waals surface area contributed by atoms with Crippen LogP contribution in [0.4, 0.5) is 14.6 Å². The zero-order valence-electron chi connectivity index (χ0n) is 10.8. The number of piperidine rings is 1. The van der Waals surface area contributed by atoms with Crippen LogP contribution in [0, 0.1) is 17.6 Å². The number of rotatable bonds is 1. The van der Waals surface area contributed by atoms with Gasteiger partial charge in [0.15, 0.2) is 11.6 Å². The van der Waals surface area contributed by atoms with E-state index in [0.29, 0.717) is 17.1 Å². The highest BCUT2D eigenvalue weighted by Gasteiger charge is 2.35.